The number of rotatable bonds is 1. The van der Waals surface area contributed by atoms with E-state index in [1.165, 1.54) is 6.07 Å². The Morgan fingerprint density at radius 3 is 2.74 bits per heavy atom. The molecule has 6 heteroatoms. The normalized spacial score (nSPS) is 15.3. The Morgan fingerprint density at radius 1 is 1.21 bits per heavy atom. The van der Waals surface area contributed by atoms with Gasteiger partial charge in [-0.25, -0.2) is 0 Å². The third-order valence-corrected chi connectivity index (χ3v) is 2.79. The summed E-state index contributed by atoms with van der Waals surface area (Å²) in [5.41, 5.74) is 1.32. The molecule has 0 bridgehead atoms. The summed E-state index contributed by atoms with van der Waals surface area (Å²) in [6.07, 6.45) is -0.378. The van der Waals surface area contributed by atoms with Gasteiger partial charge in [-0.15, -0.1) is 8.78 Å². The Kier molecular flexibility index (Phi) is 2.26. The minimum atomic E-state index is -3.67. The predicted octanol–water partition coefficient (Wildman–Crippen LogP) is 2.89. The standard InChI is InChI=1S/C13H8F2N2O2/c1-17-6-8(5-16)10(7-17)9-3-2-4-11-12(9)19-13(14,15)18-11/h2-4,6-7H,1H3. The molecule has 1 aliphatic rings. The maximum atomic E-state index is 13.1. The number of hydrogen-bond donors (Lipinski definition) is 0. The summed E-state index contributed by atoms with van der Waals surface area (Å²) in [5.74, 6) is -0.0783. The summed E-state index contributed by atoms with van der Waals surface area (Å²) in [7, 11) is 1.75. The maximum Gasteiger partial charge on any atom is 0.586 e. The summed E-state index contributed by atoms with van der Waals surface area (Å²) in [4.78, 5) is 0. The van der Waals surface area contributed by atoms with E-state index in [0.29, 0.717) is 16.7 Å². The third-order valence-electron chi connectivity index (χ3n) is 2.79. The summed E-state index contributed by atoms with van der Waals surface area (Å²) in [6.45, 7) is 0. The van der Waals surface area contributed by atoms with Crippen molar-refractivity contribution < 1.29 is 18.3 Å². The zero-order valence-electron chi connectivity index (χ0n) is 9.85. The van der Waals surface area contributed by atoms with E-state index in [9.17, 15) is 8.78 Å². The molecule has 0 amide bonds. The van der Waals surface area contributed by atoms with Crippen LogP contribution < -0.4 is 9.47 Å². The third kappa shape index (κ3) is 1.80. The van der Waals surface area contributed by atoms with Crippen molar-refractivity contribution in [3.63, 3.8) is 0 Å². The van der Waals surface area contributed by atoms with E-state index in [4.69, 9.17) is 5.26 Å². The second-order valence-electron chi connectivity index (χ2n) is 4.16. The molecule has 4 nitrogen and oxygen atoms in total. The molecule has 2 aromatic rings. The number of hydrogen-bond acceptors (Lipinski definition) is 3. The van der Waals surface area contributed by atoms with Gasteiger partial charge in [0, 0.05) is 30.6 Å². The molecule has 0 saturated heterocycles. The average molecular weight is 262 g/mol. The van der Waals surface area contributed by atoms with Crippen LogP contribution in [0.5, 0.6) is 11.5 Å². The van der Waals surface area contributed by atoms with Crippen LogP contribution in [0, 0.1) is 11.3 Å². The van der Waals surface area contributed by atoms with Gasteiger partial charge in [0.1, 0.15) is 6.07 Å². The first-order valence-corrected chi connectivity index (χ1v) is 5.45. The highest BCUT2D eigenvalue weighted by atomic mass is 19.3. The highest BCUT2D eigenvalue weighted by molar-refractivity contribution is 5.78. The quantitative estimate of drug-likeness (QED) is 0.793. The van der Waals surface area contributed by atoms with Crippen LogP contribution in [0.1, 0.15) is 5.56 Å². The molecule has 0 unspecified atom stereocenters. The van der Waals surface area contributed by atoms with Gasteiger partial charge in [0.15, 0.2) is 11.5 Å². The zero-order chi connectivity index (χ0) is 13.6. The molecule has 0 aliphatic carbocycles. The number of halogens is 2. The second kappa shape index (κ2) is 3.72. The first kappa shape index (κ1) is 11.5. The SMILES string of the molecule is Cn1cc(C#N)c(-c2cccc3c2OC(F)(F)O3)c1. The fraction of sp³-hybridized carbons (Fsp3) is 0.154. The van der Waals surface area contributed by atoms with Crippen LogP contribution >= 0.6 is 0 Å². The Hall–Kier alpha value is -2.55. The van der Waals surface area contributed by atoms with Crippen LogP contribution in [0.3, 0.4) is 0 Å². The summed E-state index contributed by atoms with van der Waals surface area (Å²) < 4.78 is 36.8. The molecule has 1 aromatic heterocycles. The minimum Gasteiger partial charge on any atom is -0.395 e. The van der Waals surface area contributed by atoms with Gasteiger partial charge < -0.3 is 14.0 Å². The molecule has 3 rings (SSSR count). The summed E-state index contributed by atoms with van der Waals surface area (Å²) in [6, 6.07) is 6.61. The molecule has 0 fully saturated rings. The fourth-order valence-electron chi connectivity index (χ4n) is 2.07. The van der Waals surface area contributed by atoms with E-state index in [2.05, 4.69) is 9.47 Å². The number of aromatic nitrogens is 1. The van der Waals surface area contributed by atoms with E-state index >= 15 is 0 Å². The van der Waals surface area contributed by atoms with Crippen molar-refractivity contribution in [1.82, 2.24) is 4.57 Å². The number of nitrogens with zero attached hydrogens (tertiary/aromatic N) is 2. The van der Waals surface area contributed by atoms with Gasteiger partial charge in [0.2, 0.25) is 0 Å². The van der Waals surface area contributed by atoms with Crippen molar-refractivity contribution in [2.45, 2.75) is 6.29 Å². The van der Waals surface area contributed by atoms with Crippen LogP contribution in [0.4, 0.5) is 8.78 Å². The van der Waals surface area contributed by atoms with Crippen LogP contribution in [-0.4, -0.2) is 10.9 Å². The number of aryl methyl sites for hydroxylation is 1. The lowest BCUT2D eigenvalue weighted by atomic mass is 10.0. The topological polar surface area (TPSA) is 47.2 Å². The van der Waals surface area contributed by atoms with Crippen molar-refractivity contribution in [2.24, 2.45) is 7.05 Å². The number of para-hydroxylation sites is 1. The summed E-state index contributed by atoms with van der Waals surface area (Å²) in [5, 5.41) is 9.06. The number of alkyl halides is 2. The monoisotopic (exact) mass is 262 g/mol. The second-order valence-corrected chi connectivity index (χ2v) is 4.16. The largest absolute Gasteiger partial charge is 0.586 e. The van der Waals surface area contributed by atoms with Crippen molar-refractivity contribution in [3.8, 4) is 28.7 Å². The van der Waals surface area contributed by atoms with Crippen molar-refractivity contribution in [3.05, 3.63) is 36.2 Å². The van der Waals surface area contributed by atoms with E-state index in [1.54, 1.807) is 36.1 Å². The number of benzene rings is 1. The van der Waals surface area contributed by atoms with Gasteiger partial charge in [-0.3, -0.25) is 0 Å². The van der Waals surface area contributed by atoms with Crippen LogP contribution in [0.2, 0.25) is 0 Å². The van der Waals surface area contributed by atoms with E-state index in [1.807, 2.05) is 6.07 Å². The zero-order valence-corrected chi connectivity index (χ0v) is 9.85. The lowest BCUT2D eigenvalue weighted by Gasteiger charge is -2.06. The Balaban J connectivity index is 2.19. The molecule has 2 heterocycles. The van der Waals surface area contributed by atoms with Gasteiger partial charge in [-0.1, -0.05) is 12.1 Å². The molecule has 1 aromatic carbocycles. The predicted molar refractivity (Wildman–Crippen MR) is 61.8 cm³/mol. The molecular formula is C13H8F2N2O2. The summed E-state index contributed by atoms with van der Waals surface area (Å²) >= 11 is 0. The van der Waals surface area contributed by atoms with Gasteiger partial charge in [0.25, 0.3) is 0 Å². The first-order valence-electron chi connectivity index (χ1n) is 5.45. The molecule has 0 N–H and O–H groups in total. The lowest BCUT2D eigenvalue weighted by molar-refractivity contribution is -0.286. The molecule has 0 spiro atoms. The average Bonchev–Trinajstić information content (AvgIpc) is 2.86. The maximum absolute atomic E-state index is 13.1. The van der Waals surface area contributed by atoms with Crippen molar-refractivity contribution >= 4 is 0 Å². The van der Waals surface area contributed by atoms with Crippen LogP contribution in [0.25, 0.3) is 11.1 Å². The molecule has 1 aliphatic heterocycles. The molecule has 96 valence electrons. The number of ether oxygens (including phenoxy) is 2. The van der Waals surface area contributed by atoms with E-state index in [0.717, 1.165) is 0 Å². The Labute approximate surface area is 107 Å². The van der Waals surface area contributed by atoms with Crippen LogP contribution in [-0.2, 0) is 7.05 Å². The van der Waals surface area contributed by atoms with Gasteiger partial charge in [0.05, 0.1) is 5.56 Å². The Bertz CT molecular complexity index is 701. The van der Waals surface area contributed by atoms with Crippen molar-refractivity contribution in [2.75, 3.05) is 0 Å². The van der Waals surface area contributed by atoms with Gasteiger partial charge in [-0.05, 0) is 6.07 Å². The lowest BCUT2D eigenvalue weighted by Crippen LogP contribution is -2.26. The van der Waals surface area contributed by atoms with Gasteiger partial charge >= 0.3 is 6.29 Å². The highest BCUT2D eigenvalue weighted by Crippen LogP contribution is 2.47. The molecule has 0 saturated carbocycles. The minimum absolute atomic E-state index is 0.0322. The first-order chi connectivity index (χ1) is 9.00. The molecule has 0 atom stereocenters. The van der Waals surface area contributed by atoms with Crippen LogP contribution in [0.15, 0.2) is 30.6 Å². The molecular weight excluding hydrogens is 254 g/mol. The smallest absolute Gasteiger partial charge is 0.395 e. The Morgan fingerprint density at radius 2 is 2.00 bits per heavy atom. The molecule has 19 heavy (non-hydrogen) atoms. The highest BCUT2D eigenvalue weighted by Gasteiger charge is 2.44. The number of nitriles is 1. The fourth-order valence-corrected chi connectivity index (χ4v) is 2.07. The van der Waals surface area contributed by atoms with E-state index in [-0.39, 0.29) is 11.5 Å². The van der Waals surface area contributed by atoms with Crippen molar-refractivity contribution in [1.29, 1.82) is 5.26 Å². The van der Waals surface area contributed by atoms with E-state index < -0.39 is 6.29 Å². The molecule has 0 radical (unpaired) electrons. The van der Waals surface area contributed by atoms with Gasteiger partial charge in [-0.2, -0.15) is 5.26 Å². The number of fused-ring (bicyclic) bond motifs is 1.